The van der Waals surface area contributed by atoms with Crippen molar-refractivity contribution < 1.29 is 9.18 Å². The molecule has 138 valence electrons. The fourth-order valence-corrected chi connectivity index (χ4v) is 3.68. The lowest BCUT2D eigenvalue weighted by Gasteiger charge is -2.07. The van der Waals surface area contributed by atoms with Crippen LogP contribution in [0.25, 0.3) is 21.8 Å². The molecule has 1 heterocycles. The molecule has 0 bridgehead atoms. The van der Waals surface area contributed by atoms with Crippen molar-refractivity contribution in [1.29, 1.82) is 0 Å². The Morgan fingerprint density at radius 1 is 0.964 bits per heavy atom. The second-order valence-electron chi connectivity index (χ2n) is 6.09. The van der Waals surface area contributed by atoms with Gasteiger partial charge in [-0.1, -0.05) is 41.9 Å². The summed E-state index contributed by atoms with van der Waals surface area (Å²) in [5, 5.41) is 6.34. The Morgan fingerprint density at radius 2 is 1.75 bits per heavy atom. The van der Waals surface area contributed by atoms with Gasteiger partial charge in [0.25, 0.3) is 5.91 Å². The van der Waals surface area contributed by atoms with Gasteiger partial charge in [-0.25, -0.2) is 9.37 Å². The Labute approximate surface area is 170 Å². The number of thiazole rings is 1. The number of benzene rings is 3. The van der Waals surface area contributed by atoms with Gasteiger partial charge in [-0.3, -0.25) is 4.79 Å². The van der Waals surface area contributed by atoms with Crippen LogP contribution in [0.15, 0.2) is 78.2 Å². The minimum absolute atomic E-state index is 0.268. The normalized spacial score (nSPS) is 10.6. The first-order valence-electron chi connectivity index (χ1n) is 8.47. The van der Waals surface area contributed by atoms with E-state index >= 15 is 0 Å². The maximum atomic E-state index is 13.3. The number of amides is 1. The Bertz CT molecular complexity index is 1140. The highest BCUT2D eigenvalue weighted by atomic mass is 35.5. The van der Waals surface area contributed by atoms with Crippen molar-refractivity contribution in [2.75, 3.05) is 5.32 Å². The molecule has 0 saturated carbocycles. The maximum Gasteiger partial charge on any atom is 0.255 e. The highest BCUT2D eigenvalue weighted by Gasteiger charge is 2.10. The number of nitrogens with zero attached hydrogens (tertiary/aromatic N) is 1. The molecule has 0 radical (unpaired) electrons. The zero-order valence-corrected chi connectivity index (χ0v) is 16.1. The van der Waals surface area contributed by atoms with Crippen molar-refractivity contribution in [2.24, 2.45) is 0 Å². The summed E-state index contributed by atoms with van der Waals surface area (Å²) in [4.78, 5) is 17.0. The predicted octanol–water partition coefficient (Wildman–Crippen LogP) is 6.52. The minimum Gasteiger partial charge on any atom is -0.322 e. The van der Waals surface area contributed by atoms with Crippen LogP contribution in [0.5, 0.6) is 0 Å². The molecule has 6 heteroatoms. The van der Waals surface area contributed by atoms with E-state index in [2.05, 4.69) is 10.3 Å². The second-order valence-corrected chi connectivity index (χ2v) is 7.38. The van der Waals surface area contributed by atoms with E-state index < -0.39 is 5.82 Å². The SMILES string of the molecule is O=C(Nc1cccc(-c2csc(-c3ccc(Cl)cc3)n2)c1)c1cccc(F)c1. The van der Waals surface area contributed by atoms with E-state index in [0.29, 0.717) is 10.7 Å². The molecule has 0 spiro atoms. The molecule has 3 aromatic carbocycles. The molecule has 1 aromatic heterocycles. The first-order valence-corrected chi connectivity index (χ1v) is 9.73. The molecule has 0 atom stereocenters. The zero-order valence-electron chi connectivity index (χ0n) is 14.5. The van der Waals surface area contributed by atoms with Crippen molar-refractivity contribution in [3.8, 4) is 21.8 Å². The van der Waals surface area contributed by atoms with Gasteiger partial charge in [-0.05, 0) is 42.5 Å². The summed E-state index contributed by atoms with van der Waals surface area (Å²) in [6.45, 7) is 0. The van der Waals surface area contributed by atoms with Crippen LogP contribution in [0, 0.1) is 5.82 Å². The van der Waals surface area contributed by atoms with Gasteiger partial charge in [-0.2, -0.15) is 0 Å². The Kier molecular flexibility index (Phi) is 5.19. The number of hydrogen-bond donors (Lipinski definition) is 1. The summed E-state index contributed by atoms with van der Waals surface area (Å²) in [5.41, 5.74) is 3.58. The maximum absolute atomic E-state index is 13.3. The van der Waals surface area contributed by atoms with Crippen molar-refractivity contribution in [3.63, 3.8) is 0 Å². The highest BCUT2D eigenvalue weighted by molar-refractivity contribution is 7.13. The average molecular weight is 409 g/mol. The van der Waals surface area contributed by atoms with Crippen LogP contribution in [-0.4, -0.2) is 10.9 Å². The number of carbonyl (C=O) groups excluding carboxylic acids is 1. The van der Waals surface area contributed by atoms with Crippen molar-refractivity contribution in [1.82, 2.24) is 4.98 Å². The van der Waals surface area contributed by atoms with Gasteiger partial charge in [-0.15, -0.1) is 11.3 Å². The first-order chi connectivity index (χ1) is 13.6. The Morgan fingerprint density at radius 3 is 2.54 bits per heavy atom. The van der Waals surface area contributed by atoms with Crippen LogP contribution in [0.4, 0.5) is 10.1 Å². The monoisotopic (exact) mass is 408 g/mol. The number of hydrogen-bond acceptors (Lipinski definition) is 3. The predicted molar refractivity (Wildman–Crippen MR) is 112 cm³/mol. The first kappa shape index (κ1) is 18.3. The van der Waals surface area contributed by atoms with E-state index in [1.165, 1.54) is 29.5 Å². The van der Waals surface area contributed by atoms with Crippen molar-refractivity contribution >= 4 is 34.5 Å². The number of rotatable bonds is 4. The molecule has 3 nitrogen and oxygen atoms in total. The molecule has 1 N–H and O–H groups in total. The van der Waals surface area contributed by atoms with Crippen LogP contribution in [0.2, 0.25) is 5.02 Å². The van der Waals surface area contributed by atoms with Gasteiger partial charge in [0.15, 0.2) is 0 Å². The molecule has 0 fully saturated rings. The molecular formula is C22H14ClFN2OS. The van der Waals surface area contributed by atoms with Crippen molar-refractivity contribution in [2.45, 2.75) is 0 Å². The fraction of sp³-hybridized carbons (Fsp3) is 0. The van der Waals surface area contributed by atoms with Gasteiger partial charge < -0.3 is 5.32 Å². The lowest BCUT2D eigenvalue weighted by Crippen LogP contribution is -2.12. The van der Waals surface area contributed by atoms with E-state index in [0.717, 1.165) is 21.8 Å². The van der Waals surface area contributed by atoms with Gasteiger partial charge >= 0.3 is 0 Å². The van der Waals surface area contributed by atoms with E-state index in [4.69, 9.17) is 11.6 Å². The molecule has 0 unspecified atom stereocenters. The molecule has 0 aliphatic heterocycles. The van der Waals surface area contributed by atoms with Gasteiger partial charge in [0.1, 0.15) is 10.8 Å². The van der Waals surface area contributed by atoms with E-state index in [1.807, 2.05) is 47.8 Å². The standard InChI is InChI=1S/C22H14ClFN2OS/c23-17-9-7-14(8-10-17)22-26-20(13-28-22)15-3-2-6-19(12-15)25-21(27)16-4-1-5-18(24)11-16/h1-13H,(H,25,27). The third kappa shape index (κ3) is 4.11. The van der Waals surface area contributed by atoms with Crippen LogP contribution < -0.4 is 5.32 Å². The van der Waals surface area contributed by atoms with Crippen LogP contribution in [-0.2, 0) is 0 Å². The van der Waals surface area contributed by atoms with Crippen LogP contribution >= 0.6 is 22.9 Å². The lowest BCUT2D eigenvalue weighted by atomic mass is 10.1. The van der Waals surface area contributed by atoms with Gasteiger partial charge in [0, 0.05) is 32.8 Å². The van der Waals surface area contributed by atoms with Crippen LogP contribution in [0.1, 0.15) is 10.4 Å². The molecule has 0 aliphatic carbocycles. The number of halogens is 2. The molecule has 0 aliphatic rings. The smallest absolute Gasteiger partial charge is 0.255 e. The Balaban J connectivity index is 1.56. The van der Waals surface area contributed by atoms with E-state index in [1.54, 1.807) is 12.1 Å². The molecule has 0 saturated heterocycles. The second kappa shape index (κ2) is 7.92. The summed E-state index contributed by atoms with van der Waals surface area (Å²) in [6, 6.07) is 20.5. The molecule has 1 amide bonds. The molecule has 4 rings (SSSR count). The molecule has 28 heavy (non-hydrogen) atoms. The van der Waals surface area contributed by atoms with Gasteiger partial charge in [0.05, 0.1) is 5.69 Å². The summed E-state index contributed by atoms with van der Waals surface area (Å²) in [5.74, 6) is -0.810. The quantitative estimate of drug-likeness (QED) is 0.417. The lowest BCUT2D eigenvalue weighted by molar-refractivity contribution is 0.102. The summed E-state index contributed by atoms with van der Waals surface area (Å²) in [6.07, 6.45) is 0. The fourth-order valence-electron chi connectivity index (χ4n) is 2.72. The number of anilines is 1. The molecular weight excluding hydrogens is 395 g/mol. The van der Waals surface area contributed by atoms with Crippen molar-refractivity contribution in [3.05, 3.63) is 94.6 Å². The van der Waals surface area contributed by atoms with Crippen LogP contribution in [0.3, 0.4) is 0 Å². The van der Waals surface area contributed by atoms with E-state index in [9.17, 15) is 9.18 Å². The number of carbonyl (C=O) groups is 1. The number of nitrogens with one attached hydrogen (secondary N) is 1. The highest BCUT2D eigenvalue weighted by Crippen LogP contribution is 2.30. The topological polar surface area (TPSA) is 42.0 Å². The summed E-state index contributed by atoms with van der Waals surface area (Å²) in [7, 11) is 0. The Hall–Kier alpha value is -3.02. The molecule has 4 aromatic rings. The average Bonchev–Trinajstić information content (AvgIpc) is 3.19. The third-order valence-electron chi connectivity index (χ3n) is 4.10. The van der Waals surface area contributed by atoms with Gasteiger partial charge in [0.2, 0.25) is 0 Å². The number of aromatic nitrogens is 1. The zero-order chi connectivity index (χ0) is 19.5. The third-order valence-corrected chi connectivity index (χ3v) is 5.24. The summed E-state index contributed by atoms with van der Waals surface area (Å²) < 4.78 is 13.3. The van der Waals surface area contributed by atoms with E-state index in [-0.39, 0.29) is 11.5 Å². The summed E-state index contributed by atoms with van der Waals surface area (Å²) >= 11 is 7.48. The minimum atomic E-state index is -0.446. The largest absolute Gasteiger partial charge is 0.322 e.